The Labute approximate surface area is 183 Å². The second kappa shape index (κ2) is 8.94. The number of hydrogen-bond acceptors (Lipinski definition) is 2. The average molecular weight is 458 g/mol. The van der Waals surface area contributed by atoms with Crippen molar-refractivity contribution in [2.45, 2.75) is 6.61 Å². The number of fused-ring (bicyclic) bond motifs is 1. The summed E-state index contributed by atoms with van der Waals surface area (Å²) >= 11 is 3.54. The molecule has 146 valence electrons. The molecule has 4 aromatic rings. The van der Waals surface area contributed by atoms with Crippen LogP contribution in [0.25, 0.3) is 22.4 Å². The van der Waals surface area contributed by atoms with Gasteiger partial charge in [-0.15, -0.1) is 0 Å². The molecule has 0 aromatic heterocycles. The Morgan fingerprint density at radius 1 is 0.933 bits per heavy atom. The van der Waals surface area contributed by atoms with Crippen LogP contribution >= 0.6 is 15.9 Å². The molecule has 0 bridgehead atoms. The fraction of sp³-hybridized carbons (Fsp3) is 0.0385. The minimum absolute atomic E-state index is 0.368. The number of nitrogens with zero attached hydrogens (tertiary/aromatic N) is 1. The number of allylic oxidation sites excluding steroid dienone is 1. The molecule has 0 radical (unpaired) electrons. The first-order chi connectivity index (χ1) is 14.6. The molecule has 0 amide bonds. The topological polar surface area (TPSA) is 33.0 Å². The molecular formula is C26H17BrFNO. The summed E-state index contributed by atoms with van der Waals surface area (Å²) in [5, 5.41) is 11.8. The van der Waals surface area contributed by atoms with Crippen LogP contribution in [0.2, 0.25) is 0 Å². The van der Waals surface area contributed by atoms with Crippen LogP contribution in [-0.2, 0) is 6.61 Å². The molecule has 0 saturated carbocycles. The van der Waals surface area contributed by atoms with Gasteiger partial charge in [0.05, 0.1) is 16.1 Å². The molecule has 0 unspecified atom stereocenters. The lowest BCUT2D eigenvalue weighted by molar-refractivity contribution is 0.304. The summed E-state index contributed by atoms with van der Waals surface area (Å²) in [6.07, 6.45) is 1.73. The van der Waals surface area contributed by atoms with Crippen LogP contribution in [0.1, 0.15) is 16.7 Å². The van der Waals surface area contributed by atoms with Crippen molar-refractivity contribution < 1.29 is 9.13 Å². The van der Waals surface area contributed by atoms with E-state index in [1.165, 1.54) is 22.9 Å². The number of benzene rings is 4. The van der Waals surface area contributed by atoms with Gasteiger partial charge in [0.25, 0.3) is 0 Å². The van der Waals surface area contributed by atoms with Gasteiger partial charge in [-0.3, -0.25) is 0 Å². The van der Waals surface area contributed by atoms with Gasteiger partial charge >= 0.3 is 0 Å². The molecule has 0 aliphatic carbocycles. The third-order valence-corrected chi connectivity index (χ3v) is 5.35. The maximum absolute atomic E-state index is 13.5. The van der Waals surface area contributed by atoms with Gasteiger partial charge in [0.2, 0.25) is 0 Å². The first-order valence-corrected chi connectivity index (χ1v) is 10.2. The molecule has 0 heterocycles. The summed E-state index contributed by atoms with van der Waals surface area (Å²) in [5.41, 5.74) is 2.85. The van der Waals surface area contributed by atoms with Crippen LogP contribution in [0.4, 0.5) is 4.39 Å². The summed E-state index contributed by atoms with van der Waals surface area (Å²) in [6.45, 7) is 0.450. The van der Waals surface area contributed by atoms with Crippen LogP contribution in [0.3, 0.4) is 0 Å². The van der Waals surface area contributed by atoms with Gasteiger partial charge in [0.15, 0.2) is 0 Å². The van der Waals surface area contributed by atoms with Crippen molar-refractivity contribution in [2.75, 3.05) is 0 Å². The summed E-state index contributed by atoms with van der Waals surface area (Å²) in [6, 6.07) is 28.3. The second-order valence-electron chi connectivity index (χ2n) is 6.84. The number of halogens is 2. The SMILES string of the molecule is N#C/C(=C/c1ccc(OCc2ccc3ccccc3c2)c(Br)c1)c1cccc(F)c1. The van der Waals surface area contributed by atoms with Crippen molar-refractivity contribution in [2.24, 2.45) is 0 Å². The molecular weight excluding hydrogens is 441 g/mol. The van der Waals surface area contributed by atoms with E-state index < -0.39 is 0 Å². The Hall–Kier alpha value is -3.42. The van der Waals surface area contributed by atoms with Crippen LogP contribution < -0.4 is 4.74 Å². The Kier molecular flexibility index (Phi) is 5.92. The molecule has 0 aliphatic heterocycles. The van der Waals surface area contributed by atoms with Gasteiger partial charge in [-0.2, -0.15) is 5.26 Å². The van der Waals surface area contributed by atoms with Gasteiger partial charge in [0, 0.05) is 0 Å². The van der Waals surface area contributed by atoms with Crippen LogP contribution in [0.15, 0.2) is 89.4 Å². The predicted molar refractivity (Wildman–Crippen MR) is 122 cm³/mol. The monoisotopic (exact) mass is 457 g/mol. The van der Waals surface area contributed by atoms with E-state index in [0.717, 1.165) is 15.6 Å². The van der Waals surface area contributed by atoms with Crippen molar-refractivity contribution in [3.8, 4) is 11.8 Å². The van der Waals surface area contributed by atoms with Crippen molar-refractivity contribution in [1.29, 1.82) is 5.26 Å². The molecule has 4 rings (SSSR count). The van der Waals surface area contributed by atoms with Crippen molar-refractivity contribution in [3.63, 3.8) is 0 Å². The summed E-state index contributed by atoms with van der Waals surface area (Å²) < 4.78 is 20.2. The quantitative estimate of drug-likeness (QED) is 0.231. The molecule has 0 N–H and O–H groups in total. The van der Waals surface area contributed by atoms with Crippen LogP contribution in [0, 0.1) is 17.1 Å². The number of hydrogen-bond donors (Lipinski definition) is 0. The zero-order valence-electron chi connectivity index (χ0n) is 16.0. The van der Waals surface area contributed by atoms with Crippen molar-refractivity contribution in [3.05, 3.63) is 112 Å². The average Bonchev–Trinajstić information content (AvgIpc) is 2.76. The first kappa shape index (κ1) is 19.9. The molecule has 0 spiro atoms. The highest BCUT2D eigenvalue weighted by molar-refractivity contribution is 9.10. The maximum atomic E-state index is 13.5. The minimum atomic E-state index is -0.368. The van der Waals surface area contributed by atoms with Gasteiger partial charge < -0.3 is 4.74 Å². The maximum Gasteiger partial charge on any atom is 0.134 e. The third kappa shape index (κ3) is 4.59. The Balaban J connectivity index is 1.51. The van der Waals surface area contributed by atoms with Crippen molar-refractivity contribution >= 4 is 38.4 Å². The highest BCUT2D eigenvalue weighted by Gasteiger charge is 2.06. The third-order valence-electron chi connectivity index (χ3n) is 4.73. The number of ether oxygens (including phenoxy) is 1. The van der Waals surface area contributed by atoms with Gasteiger partial charge in [0.1, 0.15) is 18.2 Å². The van der Waals surface area contributed by atoms with E-state index in [1.54, 1.807) is 18.2 Å². The minimum Gasteiger partial charge on any atom is -0.488 e. The summed E-state index contributed by atoms with van der Waals surface area (Å²) in [5.74, 6) is 0.344. The molecule has 0 saturated heterocycles. The summed E-state index contributed by atoms with van der Waals surface area (Å²) in [7, 11) is 0. The van der Waals surface area contributed by atoms with E-state index in [4.69, 9.17) is 4.74 Å². The standard InChI is InChI=1S/C26H17BrFNO/c27-25-14-18(12-23(16-29)22-6-3-7-24(28)15-22)9-11-26(25)30-17-19-8-10-20-4-1-2-5-21(20)13-19/h1-15H,17H2/b23-12-. The van der Waals surface area contributed by atoms with Gasteiger partial charge in [-0.1, -0.05) is 54.6 Å². The fourth-order valence-corrected chi connectivity index (χ4v) is 3.73. The first-order valence-electron chi connectivity index (χ1n) is 9.40. The second-order valence-corrected chi connectivity index (χ2v) is 7.69. The van der Waals surface area contributed by atoms with Gasteiger partial charge in [-0.25, -0.2) is 4.39 Å². The lowest BCUT2D eigenvalue weighted by Gasteiger charge is -2.10. The smallest absolute Gasteiger partial charge is 0.134 e. The molecule has 0 atom stereocenters. The molecule has 2 nitrogen and oxygen atoms in total. The van der Waals surface area contributed by atoms with Crippen LogP contribution in [0.5, 0.6) is 5.75 Å². The van der Waals surface area contributed by atoms with E-state index in [9.17, 15) is 9.65 Å². The van der Waals surface area contributed by atoms with E-state index in [1.807, 2.05) is 30.3 Å². The fourth-order valence-electron chi connectivity index (χ4n) is 3.22. The van der Waals surface area contributed by atoms with Gasteiger partial charge in [-0.05, 0) is 79.8 Å². The number of nitriles is 1. The zero-order chi connectivity index (χ0) is 20.9. The molecule has 4 heteroatoms. The molecule has 30 heavy (non-hydrogen) atoms. The van der Waals surface area contributed by atoms with E-state index >= 15 is 0 Å². The van der Waals surface area contributed by atoms with E-state index in [0.29, 0.717) is 23.5 Å². The predicted octanol–water partition coefficient (Wildman–Crippen LogP) is 7.38. The number of rotatable bonds is 5. The van der Waals surface area contributed by atoms with E-state index in [2.05, 4.69) is 52.3 Å². The van der Waals surface area contributed by atoms with Crippen molar-refractivity contribution in [1.82, 2.24) is 0 Å². The normalized spacial score (nSPS) is 11.3. The molecule has 0 aliphatic rings. The summed E-state index contributed by atoms with van der Waals surface area (Å²) in [4.78, 5) is 0. The van der Waals surface area contributed by atoms with E-state index in [-0.39, 0.29) is 5.82 Å². The lowest BCUT2D eigenvalue weighted by atomic mass is 10.0. The Morgan fingerprint density at radius 3 is 2.53 bits per heavy atom. The highest BCUT2D eigenvalue weighted by atomic mass is 79.9. The highest BCUT2D eigenvalue weighted by Crippen LogP contribution is 2.29. The Morgan fingerprint density at radius 2 is 1.77 bits per heavy atom. The lowest BCUT2D eigenvalue weighted by Crippen LogP contribution is -1.96. The largest absolute Gasteiger partial charge is 0.488 e. The zero-order valence-corrected chi connectivity index (χ0v) is 17.6. The Bertz CT molecular complexity index is 1290. The molecule has 0 fully saturated rings. The van der Waals surface area contributed by atoms with Crippen LogP contribution in [-0.4, -0.2) is 0 Å². The molecule has 4 aromatic carbocycles.